The average Bonchev–Trinajstić information content (AvgIpc) is 2.86. The van der Waals surface area contributed by atoms with Gasteiger partial charge in [-0.1, -0.05) is 20.8 Å². The van der Waals surface area contributed by atoms with Crippen LogP contribution < -0.4 is 10.6 Å². The predicted octanol–water partition coefficient (Wildman–Crippen LogP) is 1.33. The standard InChI is InChI=1S/C12H20N4O/c1-7(2)10-4-11(16-15-10)14-12(17)9-6-13-5-8(9)3/h4,7-9,13H,5-6H2,1-3H3,(H2,14,15,16,17)/t8-,9-/m1/s1. The Kier molecular flexibility index (Phi) is 3.47. The summed E-state index contributed by atoms with van der Waals surface area (Å²) in [7, 11) is 0. The van der Waals surface area contributed by atoms with Gasteiger partial charge >= 0.3 is 0 Å². The number of aromatic amines is 1. The molecular weight excluding hydrogens is 216 g/mol. The highest BCUT2D eigenvalue weighted by atomic mass is 16.2. The van der Waals surface area contributed by atoms with E-state index in [4.69, 9.17) is 0 Å². The van der Waals surface area contributed by atoms with Gasteiger partial charge in [-0.25, -0.2) is 0 Å². The first-order chi connectivity index (χ1) is 8.08. The highest BCUT2D eigenvalue weighted by Crippen LogP contribution is 2.19. The van der Waals surface area contributed by atoms with Gasteiger partial charge in [0.1, 0.15) is 0 Å². The lowest BCUT2D eigenvalue weighted by Crippen LogP contribution is -2.27. The van der Waals surface area contributed by atoms with Crippen LogP contribution in [0.4, 0.5) is 5.82 Å². The van der Waals surface area contributed by atoms with Crippen molar-refractivity contribution in [3.05, 3.63) is 11.8 Å². The van der Waals surface area contributed by atoms with Crippen LogP contribution in [0.2, 0.25) is 0 Å². The van der Waals surface area contributed by atoms with Gasteiger partial charge in [0.15, 0.2) is 5.82 Å². The number of nitrogens with zero attached hydrogens (tertiary/aromatic N) is 1. The molecule has 2 rings (SSSR count). The number of carbonyl (C=O) groups is 1. The molecule has 1 amide bonds. The highest BCUT2D eigenvalue weighted by Gasteiger charge is 2.29. The molecular formula is C12H20N4O. The van der Waals surface area contributed by atoms with Crippen molar-refractivity contribution in [3.63, 3.8) is 0 Å². The monoisotopic (exact) mass is 236 g/mol. The third-order valence-corrected chi connectivity index (χ3v) is 3.33. The number of amides is 1. The van der Waals surface area contributed by atoms with Crippen molar-refractivity contribution >= 4 is 11.7 Å². The maximum absolute atomic E-state index is 12.0. The van der Waals surface area contributed by atoms with E-state index in [0.29, 0.717) is 17.7 Å². The molecule has 17 heavy (non-hydrogen) atoms. The summed E-state index contributed by atoms with van der Waals surface area (Å²) in [4.78, 5) is 12.0. The minimum absolute atomic E-state index is 0.0502. The zero-order valence-corrected chi connectivity index (χ0v) is 10.6. The largest absolute Gasteiger partial charge is 0.316 e. The summed E-state index contributed by atoms with van der Waals surface area (Å²) in [5.74, 6) is 1.51. The lowest BCUT2D eigenvalue weighted by Gasteiger charge is -2.12. The Balaban J connectivity index is 1.97. The summed E-state index contributed by atoms with van der Waals surface area (Å²) in [5.41, 5.74) is 1.04. The Labute approximate surface area is 101 Å². The molecule has 3 N–H and O–H groups in total. The van der Waals surface area contributed by atoms with E-state index in [0.717, 1.165) is 18.8 Å². The number of rotatable bonds is 3. The van der Waals surface area contributed by atoms with Crippen molar-refractivity contribution in [1.29, 1.82) is 0 Å². The molecule has 0 radical (unpaired) electrons. The minimum atomic E-state index is 0.0502. The van der Waals surface area contributed by atoms with Crippen molar-refractivity contribution < 1.29 is 4.79 Å². The summed E-state index contributed by atoms with van der Waals surface area (Å²) in [6.45, 7) is 7.93. The van der Waals surface area contributed by atoms with E-state index < -0.39 is 0 Å². The Morgan fingerprint density at radius 3 is 2.82 bits per heavy atom. The fourth-order valence-electron chi connectivity index (χ4n) is 2.08. The quantitative estimate of drug-likeness (QED) is 0.741. The molecule has 0 aromatic carbocycles. The molecule has 0 saturated carbocycles. The van der Waals surface area contributed by atoms with E-state index in [-0.39, 0.29) is 11.8 Å². The van der Waals surface area contributed by atoms with Crippen molar-refractivity contribution in [2.45, 2.75) is 26.7 Å². The van der Waals surface area contributed by atoms with Gasteiger partial charge in [-0.2, -0.15) is 5.10 Å². The molecule has 5 heteroatoms. The molecule has 1 aromatic heterocycles. The number of anilines is 1. The third kappa shape index (κ3) is 2.66. The van der Waals surface area contributed by atoms with Gasteiger partial charge in [0.2, 0.25) is 5.91 Å². The smallest absolute Gasteiger partial charge is 0.230 e. The van der Waals surface area contributed by atoms with Crippen LogP contribution >= 0.6 is 0 Å². The fraction of sp³-hybridized carbons (Fsp3) is 0.667. The van der Waals surface area contributed by atoms with Crippen LogP contribution in [-0.2, 0) is 4.79 Å². The van der Waals surface area contributed by atoms with Gasteiger partial charge in [0, 0.05) is 18.3 Å². The second-order valence-electron chi connectivity index (χ2n) is 5.09. The number of carbonyl (C=O) groups excluding carboxylic acids is 1. The van der Waals surface area contributed by atoms with E-state index in [1.807, 2.05) is 6.07 Å². The summed E-state index contributed by atoms with van der Waals surface area (Å²) >= 11 is 0. The maximum Gasteiger partial charge on any atom is 0.230 e. The van der Waals surface area contributed by atoms with Crippen LogP contribution in [0.1, 0.15) is 32.4 Å². The van der Waals surface area contributed by atoms with Crippen molar-refractivity contribution in [2.75, 3.05) is 18.4 Å². The van der Waals surface area contributed by atoms with Crippen molar-refractivity contribution in [2.24, 2.45) is 11.8 Å². The first-order valence-corrected chi connectivity index (χ1v) is 6.15. The number of hydrogen-bond donors (Lipinski definition) is 3. The molecule has 5 nitrogen and oxygen atoms in total. The maximum atomic E-state index is 12.0. The molecule has 0 spiro atoms. The number of H-pyrrole nitrogens is 1. The van der Waals surface area contributed by atoms with Gasteiger partial charge in [-0.15, -0.1) is 0 Å². The van der Waals surface area contributed by atoms with E-state index in [1.54, 1.807) is 0 Å². The second kappa shape index (κ2) is 4.87. The van der Waals surface area contributed by atoms with Crippen molar-refractivity contribution in [3.8, 4) is 0 Å². The van der Waals surface area contributed by atoms with Crippen molar-refractivity contribution in [1.82, 2.24) is 15.5 Å². The van der Waals surface area contributed by atoms with E-state index in [9.17, 15) is 4.79 Å². The van der Waals surface area contributed by atoms with Crippen LogP contribution in [0.15, 0.2) is 6.07 Å². The molecule has 1 aliphatic rings. The minimum Gasteiger partial charge on any atom is -0.316 e. The summed E-state index contributed by atoms with van der Waals surface area (Å²) < 4.78 is 0. The fourth-order valence-corrected chi connectivity index (χ4v) is 2.08. The van der Waals surface area contributed by atoms with E-state index in [1.165, 1.54) is 0 Å². The number of hydrogen-bond acceptors (Lipinski definition) is 3. The summed E-state index contributed by atoms with van der Waals surface area (Å²) in [5, 5.41) is 13.1. The zero-order chi connectivity index (χ0) is 12.4. The van der Waals surface area contributed by atoms with Crippen LogP contribution in [0, 0.1) is 11.8 Å². The lowest BCUT2D eigenvalue weighted by molar-refractivity contribution is -0.120. The van der Waals surface area contributed by atoms with Crippen LogP contribution in [0.25, 0.3) is 0 Å². The molecule has 2 heterocycles. The van der Waals surface area contributed by atoms with Gasteiger partial charge in [-0.05, 0) is 18.4 Å². The molecule has 94 valence electrons. The molecule has 1 aromatic rings. The number of aromatic nitrogens is 2. The third-order valence-electron chi connectivity index (χ3n) is 3.33. The SMILES string of the molecule is CC(C)c1cc(NC(=O)[C@@H]2CNC[C@H]2C)n[nH]1. The highest BCUT2D eigenvalue weighted by molar-refractivity contribution is 5.92. The van der Waals surface area contributed by atoms with Crippen LogP contribution in [0.3, 0.4) is 0 Å². The topological polar surface area (TPSA) is 69.8 Å². The Morgan fingerprint density at radius 1 is 1.53 bits per heavy atom. The Morgan fingerprint density at radius 2 is 2.29 bits per heavy atom. The van der Waals surface area contributed by atoms with Crippen LogP contribution in [0.5, 0.6) is 0 Å². The van der Waals surface area contributed by atoms with Gasteiger partial charge < -0.3 is 10.6 Å². The van der Waals surface area contributed by atoms with E-state index in [2.05, 4.69) is 41.6 Å². The first kappa shape index (κ1) is 12.1. The summed E-state index contributed by atoms with van der Waals surface area (Å²) in [6.07, 6.45) is 0. The molecule has 0 bridgehead atoms. The predicted molar refractivity (Wildman–Crippen MR) is 66.8 cm³/mol. The molecule has 0 aliphatic carbocycles. The first-order valence-electron chi connectivity index (χ1n) is 6.15. The normalized spacial score (nSPS) is 24.2. The van der Waals surface area contributed by atoms with Gasteiger partial charge in [0.05, 0.1) is 5.92 Å². The number of nitrogens with one attached hydrogen (secondary N) is 3. The van der Waals surface area contributed by atoms with Crippen LogP contribution in [-0.4, -0.2) is 29.2 Å². The zero-order valence-electron chi connectivity index (χ0n) is 10.6. The molecule has 0 unspecified atom stereocenters. The molecule has 2 atom stereocenters. The second-order valence-corrected chi connectivity index (χ2v) is 5.09. The Hall–Kier alpha value is -1.36. The summed E-state index contributed by atoms with van der Waals surface area (Å²) in [6, 6.07) is 1.90. The van der Waals surface area contributed by atoms with E-state index >= 15 is 0 Å². The molecule has 1 fully saturated rings. The van der Waals surface area contributed by atoms with Gasteiger partial charge in [-0.3, -0.25) is 9.89 Å². The van der Waals surface area contributed by atoms with Gasteiger partial charge in [0.25, 0.3) is 0 Å². The Bertz CT molecular complexity index is 399. The average molecular weight is 236 g/mol. The molecule has 1 saturated heterocycles. The lowest BCUT2D eigenvalue weighted by atomic mass is 9.97. The molecule has 1 aliphatic heterocycles.